The van der Waals surface area contributed by atoms with Crippen LogP contribution in [-0.2, 0) is 5.31 Å². The average Bonchev–Trinajstić information content (AvgIpc) is 3.70. The highest BCUT2D eigenvalue weighted by molar-refractivity contribution is 7.25. The first kappa shape index (κ1) is 29.9. The first-order valence-electron chi connectivity index (χ1n) is 16.2. The number of benzene rings is 7. The Labute approximate surface area is 289 Å². The Morgan fingerprint density at radius 3 is 1.80 bits per heavy atom. The Hall–Kier alpha value is -5.20. The number of fused-ring (bicyclic) bond motifs is 6. The van der Waals surface area contributed by atoms with E-state index >= 15 is 0 Å². The van der Waals surface area contributed by atoms with Crippen LogP contribution in [0.4, 0.5) is 0 Å². The lowest BCUT2D eigenvalue weighted by molar-refractivity contribution is -0.116. The Morgan fingerprint density at radius 1 is 0.592 bits per heavy atom. The molecule has 2 N–H and O–H groups in total. The maximum absolute atomic E-state index is 10.4. The van der Waals surface area contributed by atoms with Gasteiger partial charge in [0.05, 0.1) is 18.9 Å². The lowest BCUT2D eigenvalue weighted by Gasteiger charge is -2.36. The molecule has 0 bridgehead atoms. The second-order valence-electron chi connectivity index (χ2n) is 12.9. The van der Waals surface area contributed by atoms with Crippen molar-refractivity contribution in [3.63, 3.8) is 0 Å². The molecule has 9 rings (SSSR count). The van der Waals surface area contributed by atoms with Crippen molar-refractivity contribution in [2.24, 2.45) is 0 Å². The summed E-state index contributed by atoms with van der Waals surface area (Å²) in [5.41, 5.74) is 4.19. The molecule has 0 aliphatic carbocycles. The molecule has 7 heteroatoms. The van der Waals surface area contributed by atoms with E-state index in [1.54, 1.807) is 0 Å². The highest BCUT2D eigenvalue weighted by Gasteiger charge is 2.42. The summed E-state index contributed by atoms with van der Waals surface area (Å²) >= 11 is 1.84. The van der Waals surface area contributed by atoms with Crippen LogP contribution in [0.2, 0.25) is 0 Å². The van der Waals surface area contributed by atoms with Gasteiger partial charge in [-0.3, -0.25) is 4.57 Å². The van der Waals surface area contributed by atoms with E-state index in [9.17, 15) is 10.2 Å². The van der Waals surface area contributed by atoms with Crippen molar-refractivity contribution in [3.05, 3.63) is 145 Å². The molecule has 1 unspecified atom stereocenters. The monoisotopic (exact) mass is 646 g/mol. The normalized spacial score (nSPS) is 13.5. The van der Waals surface area contributed by atoms with E-state index in [0.29, 0.717) is 5.52 Å². The number of aromatic nitrogens is 2. The topological polar surface area (TPSA) is 58.3 Å². The van der Waals surface area contributed by atoms with Gasteiger partial charge in [0.2, 0.25) is 0 Å². The van der Waals surface area contributed by atoms with Gasteiger partial charge in [-0.1, -0.05) is 110 Å². The Kier molecular flexibility index (Phi) is 6.66. The molecule has 0 spiro atoms. The number of rotatable bonds is 5. The van der Waals surface area contributed by atoms with E-state index in [2.05, 4.69) is 103 Å². The van der Waals surface area contributed by atoms with E-state index in [1.807, 2.05) is 52.3 Å². The lowest BCUT2D eigenvalue weighted by atomic mass is 9.57. The van der Waals surface area contributed by atoms with Crippen molar-refractivity contribution in [1.29, 1.82) is 0 Å². The highest BCUT2D eigenvalue weighted by atomic mass is 32.1. The van der Waals surface area contributed by atoms with Gasteiger partial charge in [-0.25, -0.2) is 4.98 Å². The van der Waals surface area contributed by atoms with Crippen LogP contribution in [0.5, 0.6) is 0 Å². The molecular weight excluding hydrogens is 618 g/mol. The minimum atomic E-state index is -2.70. The summed E-state index contributed by atoms with van der Waals surface area (Å²) in [6.07, 6.45) is 0. The van der Waals surface area contributed by atoms with E-state index in [-0.39, 0.29) is 5.82 Å². The van der Waals surface area contributed by atoms with Crippen LogP contribution in [0.1, 0.15) is 12.7 Å². The summed E-state index contributed by atoms with van der Waals surface area (Å²) in [5.74, 6) is 0.240. The number of nitrogens with zero attached hydrogens (tertiary/aromatic N) is 2. The fraction of sp³-hybridized carbons (Fsp3) is 0.0714. The van der Waals surface area contributed by atoms with Gasteiger partial charge in [-0.05, 0) is 80.2 Å². The smallest absolute Gasteiger partial charge is 0.153 e. The van der Waals surface area contributed by atoms with Gasteiger partial charge in [0.25, 0.3) is 0 Å². The summed E-state index contributed by atoms with van der Waals surface area (Å²) in [5, 5.41) is 26.4. The molecule has 2 heterocycles. The number of thiophene rings is 1. The summed E-state index contributed by atoms with van der Waals surface area (Å²) < 4.78 is 4.41. The second kappa shape index (κ2) is 10.9. The molecule has 49 heavy (non-hydrogen) atoms. The highest BCUT2D eigenvalue weighted by Crippen LogP contribution is 2.48. The Morgan fingerprint density at radius 2 is 1.14 bits per heavy atom. The third-order valence-corrected chi connectivity index (χ3v) is 10.9. The lowest BCUT2D eigenvalue weighted by Crippen LogP contribution is -2.52. The van der Waals surface area contributed by atoms with Crippen molar-refractivity contribution in [2.45, 2.75) is 17.9 Å². The van der Waals surface area contributed by atoms with Gasteiger partial charge in [0.1, 0.15) is 11.5 Å². The van der Waals surface area contributed by atoms with Crippen molar-refractivity contribution in [3.8, 4) is 27.9 Å². The van der Waals surface area contributed by atoms with Gasteiger partial charge in [0.15, 0.2) is 7.85 Å². The van der Waals surface area contributed by atoms with Crippen LogP contribution in [0.15, 0.2) is 140 Å². The van der Waals surface area contributed by atoms with Gasteiger partial charge in [0, 0.05) is 31.2 Å². The Bertz CT molecular complexity index is 2680. The van der Waals surface area contributed by atoms with Gasteiger partial charge >= 0.3 is 0 Å². The van der Waals surface area contributed by atoms with Crippen molar-refractivity contribution < 1.29 is 10.2 Å². The third kappa shape index (κ3) is 4.50. The maximum atomic E-state index is 10.4. The molecule has 1 atom stereocenters. The number of para-hydroxylation sites is 2. The standard InChI is InChI=1S/C42H28B2N2O2S/c1-41(43,42(44,47)48)40-45-33-17-7-8-18-34(33)46(40)26-23-21-25(22-24-26)37-27-11-2-4-13-29(27)38(30-14-5-3-12-28(30)37)32-16-10-20-36-39(32)31-15-6-9-19-35(31)49-36/h2-24,47-48H,1H3. The summed E-state index contributed by atoms with van der Waals surface area (Å²) in [6.45, 7) is 1.47. The average molecular weight is 646 g/mol. The van der Waals surface area contributed by atoms with Gasteiger partial charge < -0.3 is 10.2 Å². The van der Waals surface area contributed by atoms with Crippen LogP contribution in [0.25, 0.3) is 80.7 Å². The van der Waals surface area contributed by atoms with Crippen LogP contribution < -0.4 is 0 Å². The molecule has 7 aromatic carbocycles. The minimum absolute atomic E-state index is 0.240. The van der Waals surface area contributed by atoms with E-state index in [0.717, 1.165) is 33.1 Å². The zero-order chi connectivity index (χ0) is 33.5. The van der Waals surface area contributed by atoms with Crippen LogP contribution in [-0.4, -0.2) is 41.1 Å². The molecule has 230 valence electrons. The third-order valence-electron chi connectivity index (χ3n) is 9.81. The molecule has 0 fully saturated rings. The zero-order valence-corrected chi connectivity index (χ0v) is 27.4. The fourth-order valence-electron chi connectivity index (χ4n) is 7.29. The van der Waals surface area contributed by atoms with Crippen LogP contribution in [0, 0.1) is 0 Å². The first-order valence-corrected chi connectivity index (χ1v) is 17.0. The molecular formula is C42H28B2N2O2S. The summed E-state index contributed by atoms with van der Waals surface area (Å²) in [6, 6.07) is 48.5. The van der Waals surface area contributed by atoms with Crippen LogP contribution in [0.3, 0.4) is 0 Å². The number of imidazole rings is 1. The molecule has 0 saturated heterocycles. The second-order valence-corrected chi connectivity index (χ2v) is 13.9. The first-order chi connectivity index (χ1) is 23.7. The molecule has 9 aromatic rings. The largest absolute Gasteiger partial charge is 0.375 e. The van der Waals surface area contributed by atoms with E-state index in [1.165, 1.54) is 49.0 Å². The van der Waals surface area contributed by atoms with Crippen molar-refractivity contribution in [2.75, 3.05) is 0 Å². The number of hydrogen-bond donors (Lipinski definition) is 2. The van der Waals surface area contributed by atoms with Crippen molar-refractivity contribution >= 4 is 79.8 Å². The molecule has 2 aromatic heterocycles. The predicted molar refractivity (Wildman–Crippen MR) is 206 cm³/mol. The Balaban J connectivity index is 1.28. The number of aliphatic hydroxyl groups is 2. The van der Waals surface area contributed by atoms with Gasteiger partial charge in [-0.2, -0.15) is 0 Å². The van der Waals surface area contributed by atoms with Crippen molar-refractivity contribution in [1.82, 2.24) is 9.55 Å². The maximum Gasteiger partial charge on any atom is 0.153 e. The molecule has 0 saturated carbocycles. The summed E-state index contributed by atoms with van der Waals surface area (Å²) in [7, 11) is 12.2. The summed E-state index contributed by atoms with van der Waals surface area (Å²) in [4.78, 5) is 4.70. The molecule has 0 aliphatic heterocycles. The van der Waals surface area contributed by atoms with Gasteiger partial charge in [-0.15, -0.1) is 11.3 Å². The molecule has 0 amide bonds. The predicted octanol–water partition coefficient (Wildman–Crippen LogP) is 9.22. The van der Waals surface area contributed by atoms with E-state index in [4.69, 9.17) is 20.7 Å². The minimum Gasteiger partial charge on any atom is -0.375 e. The molecule has 4 radical (unpaired) electrons. The molecule has 4 nitrogen and oxygen atoms in total. The zero-order valence-electron chi connectivity index (χ0n) is 26.6. The van der Waals surface area contributed by atoms with Crippen LogP contribution >= 0.6 is 11.3 Å². The number of hydrogen-bond acceptors (Lipinski definition) is 4. The van der Waals surface area contributed by atoms with E-state index < -0.39 is 11.0 Å². The SMILES string of the molecule is [B]C(O)(O)C([B])(C)c1nc2ccccc2n1-c1ccc(-c2c3ccccc3c(-c3cccc4sc5ccccc5c34)c3ccccc23)cc1. The quantitative estimate of drug-likeness (QED) is 0.111. The fourth-order valence-corrected chi connectivity index (χ4v) is 8.42. The molecule has 0 aliphatic rings.